The highest BCUT2D eigenvalue weighted by atomic mass is 16.6. The minimum absolute atomic E-state index is 0.0902. The Morgan fingerprint density at radius 1 is 1.04 bits per heavy atom. The second-order valence-corrected chi connectivity index (χ2v) is 11.9. The molecule has 2 nitrogen and oxygen atoms in total. The lowest BCUT2D eigenvalue weighted by Crippen LogP contribution is -2.63. The van der Waals surface area contributed by atoms with Crippen molar-refractivity contribution in [3.63, 3.8) is 0 Å². The number of esters is 1. The van der Waals surface area contributed by atoms with Crippen molar-refractivity contribution in [1.82, 2.24) is 0 Å². The monoisotopic (exact) mass is 360 g/mol. The van der Waals surface area contributed by atoms with E-state index in [0.717, 1.165) is 30.6 Å². The Labute approximate surface area is 160 Å². The van der Waals surface area contributed by atoms with Crippen LogP contribution in [0.4, 0.5) is 0 Å². The summed E-state index contributed by atoms with van der Waals surface area (Å²) in [7, 11) is 0. The quantitative estimate of drug-likeness (QED) is 0.555. The molecule has 2 heteroatoms. The Hall–Kier alpha value is -0.530. The molecule has 0 aromatic carbocycles. The van der Waals surface area contributed by atoms with Gasteiger partial charge in [-0.1, -0.05) is 48.0 Å². The normalized spacial score (nSPS) is 44.2. The number of hydrogen-bond donors (Lipinski definition) is 0. The zero-order valence-corrected chi connectivity index (χ0v) is 18.2. The largest absolute Gasteiger partial charge is 0.458 e. The molecular weight excluding hydrogens is 320 g/mol. The van der Waals surface area contributed by atoms with Crippen LogP contribution in [-0.2, 0) is 9.53 Å². The van der Waals surface area contributed by atoms with Crippen LogP contribution >= 0.6 is 0 Å². The van der Waals surface area contributed by atoms with Gasteiger partial charge in [0.25, 0.3) is 0 Å². The zero-order chi connectivity index (χ0) is 19.1. The third-order valence-corrected chi connectivity index (χ3v) is 10.2. The first-order valence-electron chi connectivity index (χ1n) is 11.2. The van der Waals surface area contributed by atoms with Gasteiger partial charge in [0.05, 0.1) is 5.41 Å². The van der Waals surface area contributed by atoms with Crippen molar-refractivity contribution in [2.45, 2.75) is 99.0 Å². The fourth-order valence-corrected chi connectivity index (χ4v) is 7.82. The molecule has 2 bridgehead atoms. The SMILES string of the molecule is CC(C)C(C)C(C)(C(=O)OC12CCC13CC(C2)C1CCCC13)C(C)(C)C. The van der Waals surface area contributed by atoms with Crippen molar-refractivity contribution in [3.8, 4) is 0 Å². The predicted octanol–water partition coefficient (Wildman–Crippen LogP) is 6.23. The van der Waals surface area contributed by atoms with E-state index in [1.807, 2.05) is 0 Å². The van der Waals surface area contributed by atoms with Crippen LogP contribution in [0.2, 0.25) is 0 Å². The van der Waals surface area contributed by atoms with Crippen LogP contribution in [0.15, 0.2) is 0 Å². The molecular formula is C24H40O2. The number of hydrogen-bond acceptors (Lipinski definition) is 2. The van der Waals surface area contributed by atoms with E-state index in [2.05, 4.69) is 48.5 Å². The maximum atomic E-state index is 13.7. The molecule has 4 fully saturated rings. The van der Waals surface area contributed by atoms with E-state index in [9.17, 15) is 4.79 Å². The van der Waals surface area contributed by atoms with Crippen molar-refractivity contribution < 1.29 is 9.53 Å². The molecule has 4 aliphatic carbocycles. The van der Waals surface area contributed by atoms with E-state index in [0.29, 0.717) is 17.3 Å². The number of fused-ring (bicyclic) bond motifs is 3. The Kier molecular flexibility index (Phi) is 3.99. The summed E-state index contributed by atoms with van der Waals surface area (Å²) in [6.45, 7) is 15.6. The summed E-state index contributed by atoms with van der Waals surface area (Å²) in [5.41, 5.74) is -0.295. The van der Waals surface area contributed by atoms with Gasteiger partial charge in [-0.15, -0.1) is 0 Å². The molecule has 7 atom stereocenters. The maximum absolute atomic E-state index is 13.7. The van der Waals surface area contributed by atoms with Gasteiger partial charge in [-0.3, -0.25) is 4.79 Å². The molecule has 0 N–H and O–H groups in total. The first-order chi connectivity index (χ1) is 12.0. The Bertz CT molecular complexity index is 602. The van der Waals surface area contributed by atoms with Crippen molar-refractivity contribution in [2.75, 3.05) is 0 Å². The van der Waals surface area contributed by atoms with Crippen LogP contribution in [0.3, 0.4) is 0 Å². The highest BCUT2D eigenvalue weighted by Gasteiger charge is 2.76. The predicted molar refractivity (Wildman–Crippen MR) is 106 cm³/mol. The molecule has 4 aliphatic rings. The van der Waals surface area contributed by atoms with E-state index in [1.54, 1.807) is 0 Å². The zero-order valence-electron chi connectivity index (χ0n) is 18.2. The third-order valence-electron chi connectivity index (χ3n) is 10.2. The Morgan fingerprint density at radius 2 is 1.73 bits per heavy atom. The lowest BCUT2D eigenvalue weighted by Gasteiger charge is -2.60. The highest BCUT2D eigenvalue weighted by molar-refractivity contribution is 5.78. The summed E-state index contributed by atoms with van der Waals surface area (Å²) in [5.74, 6) is 3.50. The van der Waals surface area contributed by atoms with Gasteiger partial charge in [-0.2, -0.15) is 0 Å². The Morgan fingerprint density at radius 3 is 2.27 bits per heavy atom. The Balaban J connectivity index is 1.62. The molecule has 4 saturated carbocycles. The summed E-state index contributed by atoms with van der Waals surface area (Å²) in [6.07, 6.45) is 9.17. The fourth-order valence-electron chi connectivity index (χ4n) is 7.82. The van der Waals surface area contributed by atoms with Crippen LogP contribution in [0, 0.1) is 45.8 Å². The van der Waals surface area contributed by atoms with Gasteiger partial charge in [-0.05, 0) is 80.5 Å². The standard InChI is InChI=1S/C24H40O2/c1-15(2)16(3)22(7,21(4,5)6)20(25)26-24-12-11-23(24)13-17(14-24)18-9-8-10-19(18)23/h15-19H,8-14H2,1-7H3. The molecule has 0 heterocycles. The van der Waals surface area contributed by atoms with Crippen molar-refractivity contribution in [3.05, 3.63) is 0 Å². The summed E-state index contributed by atoms with van der Waals surface area (Å²) in [4.78, 5) is 13.7. The average Bonchev–Trinajstić information content (AvgIpc) is 3.17. The van der Waals surface area contributed by atoms with Crippen molar-refractivity contribution >= 4 is 5.97 Å². The molecule has 148 valence electrons. The van der Waals surface area contributed by atoms with E-state index >= 15 is 0 Å². The molecule has 0 aromatic heterocycles. The minimum Gasteiger partial charge on any atom is -0.458 e. The lowest BCUT2D eigenvalue weighted by molar-refractivity contribution is -0.235. The van der Waals surface area contributed by atoms with E-state index < -0.39 is 5.41 Å². The van der Waals surface area contributed by atoms with Gasteiger partial charge in [-0.25, -0.2) is 0 Å². The maximum Gasteiger partial charge on any atom is 0.313 e. The smallest absolute Gasteiger partial charge is 0.313 e. The number of carbonyl (C=O) groups is 1. The van der Waals surface area contributed by atoms with Crippen LogP contribution < -0.4 is 0 Å². The molecule has 26 heavy (non-hydrogen) atoms. The lowest BCUT2D eigenvalue weighted by atomic mass is 9.50. The van der Waals surface area contributed by atoms with Crippen LogP contribution in [0.1, 0.15) is 93.4 Å². The highest BCUT2D eigenvalue weighted by Crippen LogP contribution is 2.78. The van der Waals surface area contributed by atoms with Crippen molar-refractivity contribution in [1.29, 1.82) is 0 Å². The van der Waals surface area contributed by atoms with Gasteiger partial charge in [0.2, 0.25) is 0 Å². The van der Waals surface area contributed by atoms with Crippen LogP contribution in [-0.4, -0.2) is 11.6 Å². The number of carbonyl (C=O) groups excluding carboxylic acids is 1. The molecule has 0 aliphatic heterocycles. The van der Waals surface area contributed by atoms with Crippen molar-refractivity contribution in [2.24, 2.45) is 45.8 Å². The second-order valence-electron chi connectivity index (χ2n) is 11.9. The van der Waals surface area contributed by atoms with Gasteiger partial charge in [0.1, 0.15) is 5.60 Å². The summed E-state index contributed by atoms with van der Waals surface area (Å²) >= 11 is 0. The molecule has 0 saturated heterocycles. The number of rotatable bonds is 4. The summed E-state index contributed by atoms with van der Waals surface area (Å²) < 4.78 is 6.65. The number of ether oxygens (including phenoxy) is 1. The summed E-state index contributed by atoms with van der Waals surface area (Å²) in [6, 6.07) is 0. The minimum atomic E-state index is -0.441. The molecule has 0 aromatic rings. The first-order valence-corrected chi connectivity index (χ1v) is 11.2. The van der Waals surface area contributed by atoms with Gasteiger partial charge < -0.3 is 4.74 Å². The second kappa shape index (κ2) is 5.51. The van der Waals surface area contributed by atoms with E-state index in [-0.39, 0.29) is 17.0 Å². The van der Waals surface area contributed by atoms with Gasteiger partial charge >= 0.3 is 5.97 Å². The molecule has 4 rings (SSSR count). The molecule has 0 radical (unpaired) electrons. The first kappa shape index (κ1) is 18.8. The topological polar surface area (TPSA) is 26.3 Å². The van der Waals surface area contributed by atoms with E-state index in [1.165, 1.54) is 32.1 Å². The molecule has 7 unspecified atom stereocenters. The van der Waals surface area contributed by atoms with Crippen LogP contribution in [0.5, 0.6) is 0 Å². The van der Waals surface area contributed by atoms with Gasteiger partial charge in [0, 0.05) is 5.41 Å². The fraction of sp³-hybridized carbons (Fsp3) is 0.958. The third kappa shape index (κ3) is 2.08. The van der Waals surface area contributed by atoms with Gasteiger partial charge in [0.15, 0.2) is 0 Å². The van der Waals surface area contributed by atoms with Crippen LogP contribution in [0.25, 0.3) is 0 Å². The summed E-state index contributed by atoms with van der Waals surface area (Å²) in [5, 5.41) is 0. The molecule has 1 spiro atoms. The van der Waals surface area contributed by atoms with E-state index in [4.69, 9.17) is 4.74 Å². The molecule has 0 amide bonds. The average molecular weight is 361 g/mol.